The minimum absolute atomic E-state index is 0.196. The van der Waals surface area contributed by atoms with Gasteiger partial charge in [0.25, 0.3) is 0 Å². The van der Waals surface area contributed by atoms with Crippen LogP contribution < -0.4 is 0 Å². The fourth-order valence-electron chi connectivity index (χ4n) is 2.30. The van der Waals surface area contributed by atoms with Gasteiger partial charge in [-0.25, -0.2) is 10.0 Å². The zero-order chi connectivity index (χ0) is 15.6. The monoisotopic (exact) mass is 357 g/mol. The van der Waals surface area contributed by atoms with Crippen LogP contribution in [0.2, 0.25) is 5.02 Å². The van der Waals surface area contributed by atoms with Crippen LogP contribution in [-0.2, 0) is 0 Å². The third kappa shape index (κ3) is 3.17. The maximum absolute atomic E-state index is 5.89. The zero-order valence-electron chi connectivity index (χ0n) is 12.0. The minimum Gasteiger partial charge on any atom is -0.238 e. The summed E-state index contributed by atoms with van der Waals surface area (Å²) in [5.74, 6) is 0. The molecule has 0 aromatic heterocycles. The molecule has 6 heteroatoms. The highest BCUT2D eigenvalue weighted by molar-refractivity contribution is 8.18. The second-order valence-electron chi connectivity index (χ2n) is 4.99. The van der Waals surface area contributed by atoms with E-state index in [1.54, 1.807) is 23.5 Å². The van der Waals surface area contributed by atoms with E-state index >= 15 is 0 Å². The predicted octanol–water partition coefficient (Wildman–Crippen LogP) is 5.32. The third-order valence-electron chi connectivity index (χ3n) is 3.41. The fourth-order valence-corrected chi connectivity index (χ4v) is 4.45. The van der Waals surface area contributed by atoms with Crippen LogP contribution in [0.25, 0.3) is 0 Å². The molecule has 2 aliphatic heterocycles. The van der Waals surface area contributed by atoms with Gasteiger partial charge in [0.05, 0.1) is 0 Å². The van der Waals surface area contributed by atoms with Gasteiger partial charge in [0, 0.05) is 16.6 Å². The summed E-state index contributed by atoms with van der Waals surface area (Å²) in [5, 5.41) is 11.6. The lowest BCUT2D eigenvalue weighted by Gasteiger charge is -2.18. The second-order valence-corrected chi connectivity index (χ2v) is 7.37. The SMILES string of the molecule is Clc1ccc(/C=N\C2=NN3C(=CSC3c3ccccc3)S2)cc1. The first kappa shape index (κ1) is 14.9. The van der Waals surface area contributed by atoms with Crippen LogP contribution in [-0.4, -0.2) is 16.4 Å². The predicted molar refractivity (Wildman–Crippen MR) is 101 cm³/mol. The summed E-state index contributed by atoms with van der Waals surface area (Å²) in [6.07, 6.45) is 1.82. The van der Waals surface area contributed by atoms with Gasteiger partial charge in [0.1, 0.15) is 10.4 Å². The molecule has 23 heavy (non-hydrogen) atoms. The molecule has 4 rings (SSSR count). The first-order valence-electron chi connectivity index (χ1n) is 7.05. The molecule has 2 aromatic rings. The van der Waals surface area contributed by atoms with Crippen molar-refractivity contribution in [3.63, 3.8) is 0 Å². The standard InChI is InChI=1S/C17H12ClN3S2/c18-14-8-6-12(7-9-14)10-19-17-20-21-15(23-17)11-22-16(21)13-4-2-1-3-5-13/h1-11,16H/b19-10-. The van der Waals surface area contributed by atoms with Crippen molar-refractivity contribution in [2.45, 2.75) is 5.37 Å². The summed E-state index contributed by atoms with van der Waals surface area (Å²) in [4.78, 5) is 4.49. The molecule has 0 fully saturated rings. The first-order valence-corrected chi connectivity index (χ1v) is 9.19. The number of aliphatic imine (C=N–C) groups is 1. The quantitative estimate of drug-likeness (QED) is 0.680. The lowest BCUT2D eigenvalue weighted by molar-refractivity contribution is 0.387. The molecule has 0 spiro atoms. The summed E-state index contributed by atoms with van der Waals surface area (Å²) in [6.45, 7) is 0. The summed E-state index contributed by atoms with van der Waals surface area (Å²) in [5.41, 5.74) is 2.25. The highest BCUT2D eigenvalue weighted by atomic mass is 35.5. The maximum atomic E-state index is 5.89. The molecule has 1 atom stereocenters. The number of halogens is 1. The Balaban J connectivity index is 1.52. The lowest BCUT2D eigenvalue weighted by Crippen LogP contribution is -2.11. The fraction of sp³-hybridized carbons (Fsp3) is 0.0588. The summed E-state index contributed by atoms with van der Waals surface area (Å²) < 4.78 is 0. The number of amidine groups is 1. The van der Waals surface area contributed by atoms with E-state index in [-0.39, 0.29) is 5.37 Å². The van der Waals surface area contributed by atoms with E-state index < -0.39 is 0 Å². The Morgan fingerprint density at radius 1 is 1.09 bits per heavy atom. The molecular weight excluding hydrogens is 346 g/mol. The Hall–Kier alpha value is -1.69. The molecule has 2 aromatic carbocycles. The Morgan fingerprint density at radius 3 is 2.65 bits per heavy atom. The van der Waals surface area contributed by atoms with E-state index in [0.29, 0.717) is 0 Å². The van der Waals surface area contributed by atoms with Crippen LogP contribution in [0, 0.1) is 0 Å². The molecule has 0 bridgehead atoms. The highest BCUT2D eigenvalue weighted by Crippen LogP contribution is 2.49. The van der Waals surface area contributed by atoms with Gasteiger partial charge in [-0.1, -0.05) is 65.8 Å². The van der Waals surface area contributed by atoms with Crippen molar-refractivity contribution < 1.29 is 0 Å². The zero-order valence-corrected chi connectivity index (χ0v) is 14.4. The molecular formula is C17H12ClN3S2. The number of benzene rings is 2. The van der Waals surface area contributed by atoms with E-state index in [4.69, 9.17) is 11.6 Å². The smallest absolute Gasteiger partial charge is 0.213 e. The molecule has 3 nitrogen and oxygen atoms in total. The van der Waals surface area contributed by atoms with Crippen LogP contribution >= 0.6 is 35.1 Å². The van der Waals surface area contributed by atoms with Crippen LogP contribution in [0.5, 0.6) is 0 Å². The van der Waals surface area contributed by atoms with Crippen molar-refractivity contribution in [2.24, 2.45) is 10.1 Å². The van der Waals surface area contributed by atoms with Gasteiger partial charge in [-0.2, -0.15) is 0 Å². The van der Waals surface area contributed by atoms with Crippen molar-refractivity contribution in [3.05, 3.63) is 81.2 Å². The first-order chi connectivity index (χ1) is 11.3. The van der Waals surface area contributed by atoms with E-state index in [1.807, 2.05) is 41.6 Å². The topological polar surface area (TPSA) is 28.0 Å². The second kappa shape index (κ2) is 6.43. The number of hydrogen-bond acceptors (Lipinski definition) is 5. The molecule has 0 N–H and O–H groups in total. The van der Waals surface area contributed by atoms with Gasteiger partial charge in [-0.15, -0.1) is 5.10 Å². The molecule has 2 aliphatic rings. The Labute approximate surface area is 148 Å². The molecule has 0 aliphatic carbocycles. The largest absolute Gasteiger partial charge is 0.238 e. The van der Waals surface area contributed by atoms with E-state index in [2.05, 4.69) is 39.8 Å². The Kier molecular flexibility index (Phi) is 4.16. The van der Waals surface area contributed by atoms with Crippen LogP contribution in [0.1, 0.15) is 16.5 Å². The molecule has 2 heterocycles. The summed E-state index contributed by atoms with van der Waals surface area (Å²) in [6, 6.07) is 18.0. The van der Waals surface area contributed by atoms with Crippen LogP contribution in [0.4, 0.5) is 0 Å². The average Bonchev–Trinajstić information content (AvgIpc) is 3.15. The molecule has 1 unspecified atom stereocenters. The number of hydrazone groups is 1. The highest BCUT2D eigenvalue weighted by Gasteiger charge is 2.34. The van der Waals surface area contributed by atoms with Gasteiger partial charge < -0.3 is 0 Å². The summed E-state index contributed by atoms with van der Waals surface area (Å²) >= 11 is 9.26. The minimum atomic E-state index is 0.196. The number of nitrogens with zero attached hydrogens (tertiary/aromatic N) is 3. The van der Waals surface area contributed by atoms with Crippen LogP contribution in [0.15, 0.2) is 75.1 Å². The van der Waals surface area contributed by atoms with Crippen molar-refractivity contribution in [2.75, 3.05) is 0 Å². The summed E-state index contributed by atoms with van der Waals surface area (Å²) in [7, 11) is 0. The van der Waals surface area contributed by atoms with Crippen molar-refractivity contribution in [3.8, 4) is 0 Å². The number of fused-ring (bicyclic) bond motifs is 1. The number of hydrogen-bond donors (Lipinski definition) is 0. The average molecular weight is 358 g/mol. The molecule has 114 valence electrons. The molecule has 0 saturated heterocycles. The van der Waals surface area contributed by atoms with E-state index in [0.717, 1.165) is 20.8 Å². The molecule has 0 radical (unpaired) electrons. The molecule has 0 saturated carbocycles. The third-order valence-corrected chi connectivity index (χ3v) is 5.79. The maximum Gasteiger partial charge on any atom is 0.213 e. The van der Waals surface area contributed by atoms with Gasteiger partial charge in [0.2, 0.25) is 5.17 Å². The van der Waals surface area contributed by atoms with Gasteiger partial charge in [-0.05, 0) is 35.0 Å². The normalized spacial score (nSPS) is 19.9. The van der Waals surface area contributed by atoms with Crippen molar-refractivity contribution in [1.29, 1.82) is 0 Å². The van der Waals surface area contributed by atoms with Gasteiger partial charge in [0.15, 0.2) is 0 Å². The Bertz CT molecular complexity index is 800. The molecule has 0 amide bonds. The van der Waals surface area contributed by atoms with Gasteiger partial charge in [-0.3, -0.25) is 0 Å². The van der Waals surface area contributed by atoms with E-state index in [9.17, 15) is 0 Å². The number of thioether (sulfide) groups is 2. The van der Waals surface area contributed by atoms with Gasteiger partial charge >= 0.3 is 0 Å². The Morgan fingerprint density at radius 2 is 1.87 bits per heavy atom. The van der Waals surface area contributed by atoms with Crippen LogP contribution in [0.3, 0.4) is 0 Å². The van der Waals surface area contributed by atoms with Crippen molar-refractivity contribution in [1.82, 2.24) is 5.01 Å². The lowest BCUT2D eigenvalue weighted by atomic mass is 10.2. The number of rotatable bonds is 2. The van der Waals surface area contributed by atoms with E-state index in [1.165, 1.54) is 5.56 Å². The van der Waals surface area contributed by atoms with Crippen molar-refractivity contribution >= 4 is 46.5 Å².